The van der Waals surface area contributed by atoms with Gasteiger partial charge in [0.05, 0.1) is 0 Å². The Balaban J connectivity index is 2.38. The van der Waals surface area contributed by atoms with Crippen molar-refractivity contribution in [3.8, 4) is 0 Å². The minimum atomic E-state index is 0.0960. The monoisotopic (exact) mass is 253 g/mol. The smallest absolute Gasteiger partial charge is 0.197 e. The normalized spacial score (nSPS) is 9.59. The minimum Gasteiger partial charge on any atom is -0.352 e. The first-order valence-electron chi connectivity index (χ1n) is 5.09. The van der Waals surface area contributed by atoms with E-state index in [4.69, 9.17) is 22.4 Å². The molecule has 0 fully saturated rings. The van der Waals surface area contributed by atoms with Crippen LogP contribution in [0.5, 0.6) is 0 Å². The van der Waals surface area contributed by atoms with Crippen molar-refractivity contribution in [1.82, 2.24) is 15.5 Å². The summed E-state index contributed by atoms with van der Waals surface area (Å²) in [5.74, 6) is 0.261. The molecule has 0 aromatic heterocycles. The van der Waals surface area contributed by atoms with Crippen LogP contribution in [0.1, 0.15) is 5.56 Å². The Morgan fingerprint density at radius 1 is 1.24 bits per heavy atom. The summed E-state index contributed by atoms with van der Waals surface area (Å²) in [5.41, 5.74) is 1.03. The van der Waals surface area contributed by atoms with Gasteiger partial charge in [0.1, 0.15) is 0 Å². The molecule has 1 rings (SSSR count). The third kappa shape index (κ3) is 4.74. The lowest BCUT2D eigenvalue weighted by Crippen LogP contribution is -2.45. The first-order chi connectivity index (χ1) is 7.99. The van der Waals surface area contributed by atoms with E-state index in [1.165, 1.54) is 0 Å². The predicted molar refractivity (Wildman–Crippen MR) is 70.6 cm³/mol. The molecule has 4 N–H and O–H groups in total. The second-order valence-electron chi connectivity index (χ2n) is 3.72. The molecule has 5 nitrogen and oxygen atoms in total. The van der Waals surface area contributed by atoms with Crippen LogP contribution in [0.15, 0.2) is 24.3 Å². The van der Waals surface area contributed by atoms with Crippen molar-refractivity contribution in [2.24, 2.45) is 0 Å². The van der Waals surface area contributed by atoms with E-state index in [0.717, 1.165) is 5.56 Å². The lowest BCUT2D eigenvalue weighted by Gasteiger charge is -2.16. The van der Waals surface area contributed by atoms with Crippen molar-refractivity contribution < 1.29 is 0 Å². The third-order valence-electron chi connectivity index (χ3n) is 2.07. The molecule has 0 amide bonds. The van der Waals surface area contributed by atoms with E-state index in [1.807, 2.05) is 12.1 Å². The molecule has 6 heteroatoms. The molecule has 0 spiro atoms. The highest BCUT2D eigenvalue weighted by Gasteiger charge is 2.01. The number of benzene rings is 1. The molecule has 0 saturated carbocycles. The van der Waals surface area contributed by atoms with Crippen LogP contribution < -0.4 is 10.6 Å². The zero-order valence-electron chi connectivity index (χ0n) is 9.84. The van der Waals surface area contributed by atoms with Crippen LogP contribution in [0.4, 0.5) is 0 Å². The van der Waals surface area contributed by atoms with Crippen LogP contribution in [0.2, 0.25) is 5.02 Å². The lowest BCUT2D eigenvalue weighted by molar-refractivity contribution is 0.597. The number of halogens is 1. The molecule has 0 aliphatic carbocycles. The van der Waals surface area contributed by atoms with Gasteiger partial charge in [-0.2, -0.15) is 0 Å². The van der Waals surface area contributed by atoms with E-state index in [2.05, 4.69) is 10.6 Å². The van der Waals surface area contributed by atoms with Gasteiger partial charge in [-0.25, -0.2) is 0 Å². The van der Waals surface area contributed by atoms with Crippen LogP contribution >= 0.6 is 11.6 Å². The standard InChI is InChI=1S/C11H16ClN5/c1-17(2)11(14)16-10(13)15-7-8-3-5-9(12)6-4-8/h3-6H,7H2,1-2H3,(H4,13,14,15,16). The quantitative estimate of drug-likeness (QED) is 0.476. The summed E-state index contributed by atoms with van der Waals surface area (Å²) >= 11 is 5.77. The highest BCUT2D eigenvalue weighted by atomic mass is 35.5. The van der Waals surface area contributed by atoms with Gasteiger partial charge in [0.2, 0.25) is 0 Å². The molecule has 0 bridgehead atoms. The summed E-state index contributed by atoms with van der Waals surface area (Å²) in [4.78, 5) is 1.58. The number of hydrogen-bond acceptors (Lipinski definition) is 2. The summed E-state index contributed by atoms with van der Waals surface area (Å²) in [6.45, 7) is 0.518. The Morgan fingerprint density at radius 3 is 2.35 bits per heavy atom. The lowest BCUT2D eigenvalue weighted by atomic mass is 10.2. The second kappa shape index (κ2) is 6.10. The van der Waals surface area contributed by atoms with E-state index >= 15 is 0 Å². The summed E-state index contributed by atoms with van der Waals surface area (Å²) in [6.07, 6.45) is 0. The maximum Gasteiger partial charge on any atom is 0.197 e. The van der Waals surface area contributed by atoms with E-state index in [0.29, 0.717) is 11.6 Å². The Labute approximate surface area is 106 Å². The van der Waals surface area contributed by atoms with Gasteiger partial charge in [-0.05, 0) is 17.7 Å². The fourth-order valence-electron chi connectivity index (χ4n) is 1.07. The summed E-state index contributed by atoms with van der Waals surface area (Å²) in [6, 6.07) is 7.38. The predicted octanol–water partition coefficient (Wildman–Crippen LogP) is 1.45. The summed E-state index contributed by atoms with van der Waals surface area (Å²) in [7, 11) is 3.48. The molecule has 0 aliphatic heterocycles. The molecule has 0 heterocycles. The van der Waals surface area contributed by atoms with E-state index < -0.39 is 0 Å². The number of nitrogens with zero attached hydrogens (tertiary/aromatic N) is 1. The van der Waals surface area contributed by atoms with Crippen LogP contribution in [0, 0.1) is 10.8 Å². The van der Waals surface area contributed by atoms with Gasteiger partial charge >= 0.3 is 0 Å². The maximum atomic E-state index is 7.59. The van der Waals surface area contributed by atoms with Crippen molar-refractivity contribution in [3.05, 3.63) is 34.9 Å². The van der Waals surface area contributed by atoms with Gasteiger partial charge in [0, 0.05) is 25.7 Å². The molecule has 17 heavy (non-hydrogen) atoms. The summed E-state index contributed by atoms with van der Waals surface area (Å²) in [5, 5.41) is 21.3. The van der Waals surface area contributed by atoms with E-state index in [9.17, 15) is 0 Å². The van der Waals surface area contributed by atoms with Gasteiger partial charge in [-0.1, -0.05) is 23.7 Å². The maximum absolute atomic E-state index is 7.59. The van der Waals surface area contributed by atoms with Gasteiger partial charge in [-0.3, -0.25) is 16.1 Å². The Bertz CT molecular complexity index is 399. The molecule has 0 unspecified atom stereocenters. The molecular weight excluding hydrogens is 238 g/mol. The van der Waals surface area contributed by atoms with E-state index in [-0.39, 0.29) is 11.9 Å². The zero-order chi connectivity index (χ0) is 12.8. The highest BCUT2D eigenvalue weighted by molar-refractivity contribution is 6.30. The van der Waals surface area contributed by atoms with Crippen LogP contribution in [0.3, 0.4) is 0 Å². The Kier molecular flexibility index (Phi) is 4.78. The van der Waals surface area contributed by atoms with Crippen molar-refractivity contribution in [3.63, 3.8) is 0 Å². The fourth-order valence-corrected chi connectivity index (χ4v) is 1.19. The molecule has 92 valence electrons. The average molecular weight is 254 g/mol. The number of guanidine groups is 2. The Morgan fingerprint density at radius 2 is 1.82 bits per heavy atom. The summed E-state index contributed by atoms with van der Waals surface area (Å²) < 4.78 is 0. The fraction of sp³-hybridized carbons (Fsp3) is 0.273. The SMILES string of the molecule is CN(C)C(=N)NC(=N)NCc1ccc(Cl)cc1. The van der Waals surface area contributed by atoms with Crippen molar-refractivity contribution in [2.75, 3.05) is 14.1 Å². The molecule has 0 radical (unpaired) electrons. The minimum absolute atomic E-state index is 0.0960. The first kappa shape index (κ1) is 13.3. The first-order valence-corrected chi connectivity index (χ1v) is 5.46. The van der Waals surface area contributed by atoms with Crippen LogP contribution in [-0.4, -0.2) is 30.9 Å². The van der Waals surface area contributed by atoms with Crippen molar-refractivity contribution in [1.29, 1.82) is 10.8 Å². The van der Waals surface area contributed by atoms with E-state index in [1.54, 1.807) is 31.1 Å². The average Bonchev–Trinajstić information content (AvgIpc) is 2.28. The highest BCUT2D eigenvalue weighted by Crippen LogP contribution is 2.08. The third-order valence-corrected chi connectivity index (χ3v) is 2.33. The second-order valence-corrected chi connectivity index (χ2v) is 4.16. The molecule has 0 aliphatic rings. The van der Waals surface area contributed by atoms with Gasteiger partial charge < -0.3 is 10.2 Å². The number of hydrogen-bond donors (Lipinski definition) is 4. The van der Waals surface area contributed by atoms with Gasteiger partial charge in [0.25, 0.3) is 0 Å². The zero-order valence-corrected chi connectivity index (χ0v) is 10.6. The Hall–Kier alpha value is -1.75. The van der Waals surface area contributed by atoms with Crippen LogP contribution in [0.25, 0.3) is 0 Å². The molecule has 1 aromatic carbocycles. The number of rotatable bonds is 2. The molecule has 0 atom stereocenters. The molecule has 0 saturated heterocycles. The van der Waals surface area contributed by atoms with Crippen LogP contribution in [-0.2, 0) is 6.54 Å². The van der Waals surface area contributed by atoms with Crippen molar-refractivity contribution in [2.45, 2.75) is 6.54 Å². The molecular formula is C11H16ClN5. The topological polar surface area (TPSA) is 75.0 Å². The van der Waals surface area contributed by atoms with Gasteiger partial charge in [-0.15, -0.1) is 0 Å². The van der Waals surface area contributed by atoms with Crippen molar-refractivity contribution >= 4 is 23.5 Å². The van der Waals surface area contributed by atoms with Gasteiger partial charge in [0.15, 0.2) is 11.9 Å². The molecule has 1 aromatic rings. The number of nitrogens with one attached hydrogen (secondary N) is 4. The largest absolute Gasteiger partial charge is 0.352 e.